The first-order chi connectivity index (χ1) is 12.5. The molecular formula is C19H16BrN3O3. The third kappa shape index (κ3) is 3.52. The first-order valence-corrected chi connectivity index (χ1v) is 8.59. The van der Waals surface area contributed by atoms with E-state index in [1.165, 1.54) is 30.5 Å². The molecule has 1 heterocycles. The van der Waals surface area contributed by atoms with Crippen LogP contribution in [0.4, 0.5) is 0 Å². The molecule has 0 atom stereocenters. The van der Waals surface area contributed by atoms with Gasteiger partial charge in [0.2, 0.25) is 0 Å². The molecule has 7 heteroatoms. The van der Waals surface area contributed by atoms with Crippen molar-refractivity contribution in [3.05, 3.63) is 75.0 Å². The van der Waals surface area contributed by atoms with Crippen LogP contribution in [0.2, 0.25) is 0 Å². The van der Waals surface area contributed by atoms with E-state index in [-0.39, 0.29) is 11.3 Å². The summed E-state index contributed by atoms with van der Waals surface area (Å²) in [7, 11) is 1.57. The largest absolute Gasteiger partial charge is 0.496 e. The molecule has 2 aromatic carbocycles. The summed E-state index contributed by atoms with van der Waals surface area (Å²) < 4.78 is 7.73. The fourth-order valence-electron chi connectivity index (χ4n) is 2.57. The van der Waals surface area contributed by atoms with Crippen LogP contribution in [0.5, 0.6) is 5.75 Å². The Balaban J connectivity index is 2.10. The minimum atomic E-state index is -0.302. The van der Waals surface area contributed by atoms with Crippen LogP contribution in [0.1, 0.15) is 12.5 Å². The maximum atomic E-state index is 12.2. The summed E-state index contributed by atoms with van der Waals surface area (Å²) in [5.41, 5.74) is 1.19. The van der Waals surface area contributed by atoms with E-state index in [4.69, 9.17) is 4.74 Å². The van der Waals surface area contributed by atoms with Gasteiger partial charge in [0.25, 0.3) is 5.91 Å². The lowest BCUT2D eigenvalue weighted by Gasteiger charge is -2.20. The number of carbonyl (C=O) groups excluding carboxylic acids is 1. The van der Waals surface area contributed by atoms with Crippen LogP contribution >= 0.6 is 15.9 Å². The molecule has 1 aromatic heterocycles. The SMILES string of the molecule is COc1ccc(Br)cc1C=NN(C(C)=O)n1ccc(=O)c2ccccc21. The van der Waals surface area contributed by atoms with Crippen molar-refractivity contribution in [2.45, 2.75) is 6.92 Å². The number of benzene rings is 2. The molecule has 6 nitrogen and oxygen atoms in total. The highest BCUT2D eigenvalue weighted by Crippen LogP contribution is 2.21. The second kappa shape index (κ2) is 7.53. The van der Waals surface area contributed by atoms with E-state index in [9.17, 15) is 9.59 Å². The molecule has 0 spiro atoms. The number of nitrogens with zero attached hydrogens (tertiary/aromatic N) is 3. The third-order valence-electron chi connectivity index (χ3n) is 3.77. The molecule has 0 aliphatic carbocycles. The number of pyridine rings is 1. The third-order valence-corrected chi connectivity index (χ3v) is 4.26. The monoisotopic (exact) mass is 413 g/mol. The molecule has 132 valence electrons. The van der Waals surface area contributed by atoms with Crippen molar-refractivity contribution in [1.82, 2.24) is 4.68 Å². The zero-order chi connectivity index (χ0) is 18.7. The van der Waals surface area contributed by atoms with E-state index < -0.39 is 0 Å². The summed E-state index contributed by atoms with van der Waals surface area (Å²) in [4.78, 5) is 24.2. The van der Waals surface area contributed by atoms with E-state index in [1.807, 2.05) is 12.1 Å². The van der Waals surface area contributed by atoms with Crippen LogP contribution in [0.25, 0.3) is 10.9 Å². The second-order valence-corrected chi connectivity index (χ2v) is 6.40. The zero-order valence-electron chi connectivity index (χ0n) is 14.2. The molecule has 0 saturated heterocycles. The van der Waals surface area contributed by atoms with Crippen LogP contribution in [-0.4, -0.2) is 23.9 Å². The van der Waals surface area contributed by atoms with Crippen molar-refractivity contribution in [3.8, 4) is 5.75 Å². The normalized spacial score (nSPS) is 11.0. The standard InChI is InChI=1S/C19H16BrN3O3/c1-13(24)23(21-12-14-11-15(20)7-8-19(14)26-2)22-10-9-18(25)16-5-3-4-6-17(16)22/h3-12H,1-2H3. The van der Waals surface area contributed by atoms with Crippen molar-refractivity contribution in [3.63, 3.8) is 0 Å². The highest BCUT2D eigenvalue weighted by Gasteiger charge is 2.12. The van der Waals surface area contributed by atoms with Crippen LogP contribution in [-0.2, 0) is 4.79 Å². The summed E-state index contributed by atoms with van der Waals surface area (Å²) in [6, 6.07) is 14.0. The number of aromatic nitrogens is 1. The maximum Gasteiger partial charge on any atom is 0.259 e. The van der Waals surface area contributed by atoms with Gasteiger partial charge in [0.15, 0.2) is 5.43 Å². The minimum Gasteiger partial charge on any atom is -0.496 e. The van der Waals surface area contributed by atoms with Gasteiger partial charge in [-0.2, -0.15) is 5.10 Å². The lowest BCUT2D eigenvalue weighted by molar-refractivity contribution is -0.118. The molecule has 0 radical (unpaired) electrons. The van der Waals surface area contributed by atoms with Crippen molar-refractivity contribution in [1.29, 1.82) is 0 Å². The fourth-order valence-corrected chi connectivity index (χ4v) is 2.95. The van der Waals surface area contributed by atoms with Gasteiger partial charge in [0.05, 0.1) is 18.8 Å². The summed E-state index contributed by atoms with van der Waals surface area (Å²) in [6.45, 7) is 1.41. The molecule has 0 aliphatic rings. The van der Waals surface area contributed by atoms with Gasteiger partial charge >= 0.3 is 0 Å². The van der Waals surface area contributed by atoms with Crippen molar-refractivity contribution in [2.75, 3.05) is 12.2 Å². The zero-order valence-corrected chi connectivity index (χ0v) is 15.8. The van der Waals surface area contributed by atoms with Crippen LogP contribution in [0, 0.1) is 0 Å². The number of methoxy groups -OCH3 is 1. The van der Waals surface area contributed by atoms with Crippen molar-refractivity contribution in [2.24, 2.45) is 5.10 Å². The average molecular weight is 414 g/mol. The molecule has 0 aliphatic heterocycles. The van der Waals surface area contributed by atoms with Gasteiger partial charge in [0.1, 0.15) is 5.75 Å². The van der Waals surface area contributed by atoms with Crippen molar-refractivity contribution < 1.29 is 9.53 Å². The number of para-hydroxylation sites is 1. The number of ether oxygens (including phenoxy) is 1. The number of hydrogen-bond acceptors (Lipinski definition) is 4. The molecule has 0 saturated carbocycles. The highest BCUT2D eigenvalue weighted by molar-refractivity contribution is 9.10. The fraction of sp³-hybridized carbons (Fsp3) is 0.105. The second-order valence-electron chi connectivity index (χ2n) is 5.48. The van der Waals surface area contributed by atoms with Gasteiger partial charge in [-0.15, -0.1) is 5.12 Å². The minimum absolute atomic E-state index is 0.113. The Morgan fingerprint density at radius 1 is 1.23 bits per heavy atom. The number of carbonyl (C=O) groups is 1. The summed E-state index contributed by atoms with van der Waals surface area (Å²) in [5, 5.41) is 6.02. The predicted molar refractivity (Wildman–Crippen MR) is 105 cm³/mol. The van der Waals surface area contributed by atoms with E-state index in [0.29, 0.717) is 22.2 Å². The van der Waals surface area contributed by atoms with Crippen LogP contribution in [0.3, 0.4) is 0 Å². The van der Waals surface area contributed by atoms with Gasteiger partial charge in [-0.05, 0) is 30.3 Å². The smallest absolute Gasteiger partial charge is 0.259 e. The van der Waals surface area contributed by atoms with Crippen LogP contribution < -0.4 is 15.3 Å². The molecular weight excluding hydrogens is 398 g/mol. The van der Waals surface area contributed by atoms with E-state index >= 15 is 0 Å². The van der Waals surface area contributed by atoms with Crippen molar-refractivity contribution >= 4 is 39.0 Å². The molecule has 3 aromatic rings. The Labute approximate surface area is 158 Å². The van der Waals surface area contributed by atoms with Gasteiger partial charge in [-0.3, -0.25) is 9.59 Å². The number of amides is 1. The number of hydrazone groups is 1. The Bertz CT molecular complexity index is 1060. The lowest BCUT2D eigenvalue weighted by Crippen LogP contribution is -2.34. The molecule has 0 N–H and O–H groups in total. The molecule has 0 bridgehead atoms. The summed E-state index contributed by atoms with van der Waals surface area (Å²) in [5.74, 6) is 0.328. The Kier molecular flexibility index (Phi) is 5.18. The molecule has 1 amide bonds. The average Bonchev–Trinajstić information content (AvgIpc) is 2.63. The quantitative estimate of drug-likeness (QED) is 0.486. The Morgan fingerprint density at radius 2 is 2.00 bits per heavy atom. The number of fused-ring (bicyclic) bond motifs is 1. The topological polar surface area (TPSA) is 63.9 Å². The van der Waals surface area contributed by atoms with Gasteiger partial charge < -0.3 is 4.74 Å². The number of hydrogen-bond donors (Lipinski definition) is 0. The van der Waals surface area contributed by atoms with Gasteiger partial charge in [-0.25, -0.2) is 4.68 Å². The molecule has 3 rings (SSSR count). The van der Waals surface area contributed by atoms with Crippen LogP contribution in [0.15, 0.2) is 69.1 Å². The number of halogens is 1. The Morgan fingerprint density at radius 3 is 2.73 bits per heavy atom. The highest BCUT2D eigenvalue weighted by atomic mass is 79.9. The lowest BCUT2D eigenvalue weighted by atomic mass is 10.2. The maximum absolute atomic E-state index is 12.2. The van der Waals surface area contributed by atoms with E-state index in [2.05, 4.69) is 21.0 Å². The summed E-state index contributed by atoms with van der Waals surface area (Å²) in [6.07, 6.45) is 3.07. The summed E-state index contributed by atoms with van der Waals surface area (Å²) >= 11 is 3.41. The number of rotatable bonds is 4. The molecule has 26 heavy (non-hydrogen) atoms. The predicted octanol–water partition coefficient (Wildman–Crippen LogP) is 3.29. The Hall–Kier alpha value is -2.93. The molecule has 0 fully saturated rings. The molecule has 0 unspecified atom stereocenters. The first kappa shape index (κ1) is 17.9. The van der Waals surface area contributed by atoms with Gasteiger partial charge in [-0.1, -0.05) is 28.1 Å². The first-order valence-electron chi connectivity index (χ1n) is 7.80. The van der Waals surface area contributed by atoms with E-state index in [1.54, 1.807) is 42.1 Å². The van der Waals surface area contributed by atoms with E-state index in [0.717, 1.165) is 4.47 Å². The van der Waals surface area contributed by atoms with Gasteiger partial charge in [0, 0.05) is 34.6 Å².